The maximum atomic E-state index is 13.0. The molecule has 2 nitrogen and oxygen atoms in total. The van der Waals surface area contributed by atoms with E-state index in [0.29, 0.717) is 12.8 Å². The molecule has 0 unspecified atom stereocenters. The van der Waals surface area contributed by atoms with Gasteiger partial charge in [0.2, 0.25) is 0 Å². The highest BCUT2D eigenvalue weighted by Gasteiger charge is 2.19. The fourth-order valence-corrected chi connectivity index (χ4v) is 2.25. The number of likely N-dealkylation sites (tertiary alicyclic amines) is 1. The number of rotatable bonds is 2. The van der Waals surface area contributed by atoms with Crippen molar-refractivity contribution in [2.75, 3.05) is 13.1 Å². The smallest absolute Gasteiger partial charge is 0.103 e. The normalized spacial score (nSPS) is 19.1. The summed E-state index contributed by atoms with van der Waals surface area (Å²) in [5, 5.41) is 0. The van der Waals surface area contributed by atoms with Gasteiger partial charge in [-0.05, 0) is 29.9 Å². The van der Waals surface area contributed by atoms with Gasteiger partial charge in [0.15, 0.2) is 0 Å². The molecule has 18 heavy (non-hydrogen) atoms. The summed E-state index contributed by atoms with van der Waals surface area (Å²) in [4.78, 5) is 6.81. The molecule has 1 aliphatic heterocycles. The van der Waals surface area contributed by atoms with Gasteiger partial charge in [-0.25, -0.2) is 4.39 Å². The van der Waals surface area contributed by atoms with Crippen molar-refractivity contribution in [2.45, 2.75) is 51.7 Å². The van der Waals surface area contributed by atoms with E-state index in [9.17, 15) is 4.39 Å². The Morgan fingerprint density at radius 2 is 1.94 bits per heavy atom. The van der Waals surface area contributed by atoms with Crippen LogP contribution >= 0.6 is 0 Å². The average molecular weight is 250 g/mol. The first-order valence-electron chi connectivity index (χ1n) is 6.77. The molecule has 1 saturated heterocycles. The molecule has 0 bridgehead atoms. The number of halogens is 1. The summed E-state index contributed by atoms with van der Waals surface area (Å²) < 4.78 is 13.0. The molecule has 0 radical (unpaired) electrons. The molecule has 0 aliphatic carbocycles. The number of hydrogen-bond donors (Lipinski definition) is 0. The van der Waals surface area contributed by atoms with Crippen molar-refractivity contribution in [1.29, 1.82) is 0 Å². The molecule has 2 heterocycles. The van der Waals surface area contributed by atoms with Crippen LogP contribution in [0.4, 0.5) is 4.39 Å². The summed E-state index contributed by atoms with van der Waals surface area (Å²) in [6.07, 6.45) is 2.70. The van der Waals surface area contributed by atoms with E-state index in [4.69, 9.17) is 0 Å². The van der Waals surface area contributed by atoms with E-state index in [2.05, 4.69) is 42.8 Å². The minimum absolute atomic E-state index is 0.151. The Morgan fingerprint density at radius 3 is 2.44 bits per heavy atom. The first-order chi connectivity index (χ1) is 8.45. The van der Waals surface area contributed by atoms with Gasteiger partial charge < -0.3 is 0 Å². The quantitative estimate of drug-likeness (QED) is 0.800. The Labute approximate surface area is 109 Å². The molecule has 0 aromatic carbocycles. The number of nitrogens with zero attached hydrogens (tertiary/aromatic N) is 2. The lowest BCUT2D eigenvalue weighted by molar-refractivity contribution is 0.144. The van der Waals surface area contributed by atoms with Crippen LogP contribution in [0.3, 0.4) is 0 Å². The standard InChI is InChI=1S/C15H23FN2/c1-15(2,3)12-4-5-14(17-10-12)11-18-8-6-13(16)7-9-18/h4-5,10,13H,6-9,11H2,1-3H3. The molecule has 2 rings (SSSR count). The summed E-state index contributed by atoms with van der Waals surface area (Å²) >= 11 is 0. The van der Waals surface area contributed by atoms with E-state index in [0.717, 1.165) is 25.3 Å². The first kappa shape index (κ1) is 13.5. The van der Waals surface area contributed by atoms with Crippen LogP contribution in [0.15, 0.2) is 18.3 Å². The van der Waals surface area contributed by atoms with Crippen LogP contribution in [0.1, 0.15) is 44.9 Å². The minimum Gasteiger partial charge on any atom is -0.297 e. The second-order valence-electron chi connectivity index (χ2n) is 6.24. The third-order valence-electron chi connectivity index (χ3n) is 3.59. The molecule has 1 aliphatic rings. The predicted octanol–water partition coefficient (Wildman–Crippen LogP) is 3.31. The van der Waals surface area contributed by atoms with Crippen molar-refractivity contribution in [3.8, 4) is 0 Å². The molecule has 0 atom stereocenters. The zero-order valence-corrected chi connectivity index (χ0v) is 11.6. The van der Waals surface area contributed by atoms with Crippen LogP contribution in [0, 0.1) is 0 Å². The minimum atomic E-state index is -0.600. The molecule has 0 saturated carbocycles. The maximum absolute atomic E-state index is 13.0. The summed E-state index contributed by atoms with van der Waals surface area (Å²) in [6, 6.07) is 4.26. The summed E-state index contributed by atoms with van der Waals surface area (Å²) in [6.45, 7) is 9.12. The van der Waals surface area contributed by atoms with Crippen molar-refractivity contribution >= 4 is 0 Å². The topological polar surface area (TPSA) is 16.1 Å². The van der Waals surface area contributed by atoms with Gasteiger partial charge in [0.25, 0.3) is 0 Å². The second-order valence-corrected chi connectivity index (χ2v) is 6.24. The van der Waals surface area contributed by atoms with Gasteiger partial charge >= 0.3 is 0 Å². The third-order valence-corrected chi connectivity index (χ3v) is 3.59. The Balaban J connectivity index is 1.94. The van der Waals surface area contributed by atoms with E-state index in [1.54, 1.807) is 0 Å². The highest BCUT2D eigenvalue weighted by atomic mass is 19.1. The lowest BCUT2D eigenvalue weighted by Crippen LogP contribution is -2.34. The van der Waals surface area contributed by atoms with E-state index in [1.807, 2.05) is 6.20 Å². The number of aromatic nitrogens is 1. The van der Waals surface area contributed by atoms with Gasteiger partial charge in [0.05, 0.1) is 5.69 Å². The van der Waals surface area contributed by atoms with Crippen molar-refractivity contribution in [2.24, 2.45) is 0 Å². The highest BCUT2D eigenvalue weighted by molar-refractivity contribution is 5.21. The first-order valence-corrected chi connectivity index (χ1v) is 6.77. The van der Waals surface area contributed by atoms with Crippen LogP contribution in [-0.2, 0) is 12.0 Å². The molecule has 0 spiro atoms. The lowest BCUT2D eigenvalue weighted by atomic mass is 9.88. The third kappa shape index (κ3) is 3.52. The predicted molar refractivity (Wildman–Crippen MR) is 72.3 cm³/mol. The van der Waals surface area contributed by atoms with E-state index in [1.165, 1.54) is 5.56 Å². The Hall–Kier alpha value is -0.960. The highest BCUT2D eigenvalue weighted by Crippen LogP contribution is 2.21. The van der Waals surface area contributed by atoms with Gasteiger partial charge in [-0.3, -0.25) is 9.88 Å². The fourth-order valence-electron chi connectivity index (χ4n) is 2.25. The van der Waals surface area contributed by atoms with Crippen LogP contribution in [-0.4, -0.2) is 29.1 Å². The van der Waals surface area contributed by atoms with Crippen molar-refractivity contribution in [1.82, 2.24) is 9.88 Å². The van der Waals surface area contributed by atoms with Crippen molar-refractivity contribution < 1.29 is 4.39 Å². The number of pyridine rings is 1. The summed E-state index contributed by atoms with van der Waals surface area (Å²) in [7, 11) is 0. The van der Waals surface area contributed by atoms with Gasteiger partial charge in [0, 0.05) is 25.8 Å². The molecule has 1 fully saturated rings. The fraction of sp³-hybridized carbons (Fsp3) is 0.667. The van der Waals surface area contributed by atoms with Gasteiger partial charge in [0.1, 0.15) is 6.17 Å². The van der Waals surface area contributed by atoms with Crippen LogP contribution < -0.4 is 0 Å². The SMILES string of the molecule is CC(C)(C)c1ccc(CN2CCC(F)CC2)nc1. The molecular weight excluding hydrogens is 227 g/mol. The van der Waals surface area contributed by atoms with Crippen molar-refractivity contribution in [3.63, 3.8) is 0 Å². The van der Waals surface area contributed by atoms with E-state index in [-0.39, 0.29) is 5.41 Å². The molecule has 100 valence electrons. The molecule has 1 aromatic rings. The Bertz CT molecular complexity index is 372. The Morgan fingerprint density at radius 1 is 1.28 bits per heavy atom. The van der Waals surface area contributed by atoms with Crippen LogP contribution in [0.2, 0.25) is 0 Å². The van der Waals surface area contributed by atoms with E-state index < -0.39 is 6.17 Å². The number of hydrogen-bond acceptors (Lipinski definition) is 2. The van der Waals surface area contributed by atoms with Gasteiger partial charge in [-0.2, -0.15) is 0 Å². The summed E-state index contributed by atoms with van der Waals surface area (Å²) in [5.41, 5.74) is 2.49. The summed E-state index contributed by atoms with van der Waals surface area (Å²) in [5.74, 6) is 0. The van der Waals surface area contributed by atoms with Crippen LogP contribution in [0.5, 0.6) is 0 Å². The van der Waals surface area contributed by atoms with E-state index >= 15 is 0 Å². The second kappa shape index (κ2) is 5.35. The molecule has 1 aromatic heterocycles. The largest absolute Gasteiger partial charge is 0.297 e. The molecule has 3 heteroatoms. The molecule has 0 amide bonds. The monoisotopic (exact) mass is 250 g/mol. The molecular formula is C15H23FN2. The molecule has 0 N–H and O–H groups in total. The zero-order valence-electron chi connectivity index (χ0n) is 11.6. The zero-order chi connectivity index (χ0) is 13.2. The number of alkyl halides is 1. The number of piperidine rings is 1. The maximum Gasteiger partial charge on any atom is 0.103 e. The Kier molecular flexibility index (Phi) is 4.00. The van der Waals surface area contributed by atoms with Gasteiger partial charge in [-0.1, -0.05) is 26.8 Å². The van der Waals surface area contributed by atoms with Gasteiger partial charge in [-0.15, -0.1) is 0 Å². The lowest BCUT2D eigenvalue weighted by Gasteiger charge is -2.28. The van der Waals surface area contributed by atoms with Crippen LogP contribution in [0.25, 0.3) is 0 Å². The average Bonchev–Trinajstić information content (AvgIpc) is 2.32. The van der Waals surface area contributed by atoms with Crippen molar-refractivity contribution in [3.05, 3.63) is 29.6 Å².